The van der Waals surface area contributed by atoms with Gasteiger partial charge in [0.25, 0.3) is 5.69 Å². The van der Waals surface area contributed by atoms with Crippen LogP contribution >= 0.6 is 0 Å². The summed E-state index contributed by atoms with van der Waals surface area (Å²) in [5.74, 6) is 0.901. The van der Waals surface area contributed by atoms with Gasteiger partial charge in [-0.15, -0.1) is 0 Å². The van der Waals surface area contributed by atoms with Crippen molar-refractivity contribution < 1.29 is 14.4 Å². The number of non-ortho nitro benzene ring substituents is 1. The summed E-state index contributed by atoms with van der Waals surface area (Å²) < 4.78 is 10.5. The Morgan fingerprint density at radius 1 is 1.41 bits per heavy atom. The van der Waals surface area contributed by atoms with E-state index in [1.54, 1.807) is 6.07 Å². The van der Waals surface area contributed by atoms with E-state index >= 15 is 0 Å². The highest BCUT2D eigenvalue weighted by atomic mass is 16.6. The van der Waals surface area contributed by atoms with E-state index in [0.29, 0.717) is 18.1 Å². The Hall–Kier alpha value is -1.82. The van der Waals surface area contributed by atoms with Crippen molar-refractivity contribution in [1.82, 2.24) is 5.32 Å². The van der Waals surface area contributed by atoms with E-state index in [4.69, 9.17) is 9.47 Å². The molecule has 1 rings (SSSR count). The van der Waals surface area contributed by atoms with Gasteiger partial charge in [0, 0.05) is 6.07 Å². The lowest BCUT2D eigenvalue weighted by Gasteiger charge is -2.10. The van der Waals surface area contributed by atoms with E-state index in [9.17, 15) is 10.1 Å². The normalized spacial score (nSPS) is 10.0. The van der Waals surface area contributed by atoms with E-state index < -0.39 is 4.92 Å². The zero-order valence-electron chi connectivity index (χ0n) is 9.93. The standard InChI is InChI=1S/C11H16N2O4/c1-12-6-3-7-17-10-5-4-9(13(14)15)8-11(10)16-2/h4-5,8,12H,3,6-7H2,1-2H3. The molecule has 0 spiro atoms. The number of nitrogens with zero attached hydrogens (tertiary/aromatic N) is 1. The first-order chi connectivity index (χ1) is 8.19. The molecule has 0 atom stereocenters. The number of methoxy groups -OCH3 is 1. The Kier molecular flexibility index (Phi) is 5.22. The van der Waals surface area contributed by atoms with Gasteiger partial charge in [-0.3, -0.25) is 10.1 Å². The summed E-state index contributed by atoms with van der Waals surface area (Å²) >= 11 is 0. The van der Waals surface area contributed by atoms with Crippen molar-refractivity contribution in [2.24, 2.45) is 0 Å². The SMILES string of the molecule is CNCCCOc1ccc([N+](=O)[O-])cc1OC. The van der Waals surface area contributed by atoms with Gasteiger partial charge < -0.3 is 14.8 Å². The first kappa shape index (κ1) is 13.2. The molecule has 0 aromatic heterocycles. The molecule has 6 nitrogen and oxygen atoms in total. The quantitative estimate of drug-likeness (QED) is 0.445. The number of benzene rings is 1. The second-order valence-electron chi connectivity index (χ2n) is 3.40. The molecule has 0 heterocycles. The highest BCUT2D eigenvalue weighted by Gasteiger charge is 2.11. The van der Waals surface area contributed by atoms with Crippen LogP contribution in [0.4, 0.5) is 5.69 Å². The molecular formula is C11H16N2O4. The highest BCUT2D eigenvalue weighted by Crippen LogP contribution is 2.30. The summed E-state index contributed by atoms with van der Waals surface area (Å²) in [6, 6.07) is 4.31. The van der Waals surface area contributed by atoms with Crippen molar-refractivity contribution in [3.8, 4) is 11.5 Å². The summed E-state index contributed by atoms with van der Waals surface area (Å²) in [6.45, 7) is 1.39. The summed E-state index contributed by atoms with van der Waals surface area (Å²) in [7, 11) is 3.33. The number of nitro benzene ring substituents is 1. The summed E-state index contributed by atoms with van der Waals surface area (Å²) in [6.07, 6.45) is 0.858. The van der Waals surface area contributed by atoms with Gasteiger partial charge in [-0.1, -0.05) is 0 Å². The Balaban J connectivity index is 2.68. The molecule has 0 fully saturated rings. The topological polar surface area (TPSA) is 73.6 Å². The largest absolute Gasteiger partial charge is 0.493 e. The molecule has 0 aliphatic carbocycles. The second-order valence-corrected chi connectivity index (χ2v) is 3.40. The van der Waals surface area contributed by atoms with Crippen LogP contribution in [0.2, 0.25) is 0 Å². The lowest BCUT2D eigenvalue weighted by molar-refractivity contribution is -0.384. The van der Waals surface area contributed by atoms with Crippen LogP contribution in [0.25, 0.3) is 0 Å². The minimum atomic E-state index is -0.465. The van der Waals surface area contributed by atoms with Crippen LogP contribution in [0.15, 0.2) is 18.2 Å². The van der Waals surface area contributed by atoms with Crippen molar-refractivity contribution in [3.05, 3.63) is 28.3 Å². The molecule has 94 valence electrons. The molecule has 1 aromatic carbocycles. The van der Waals surface area contributed by atoms with Crippen molar-refractivity contribution in [2.45, 2.75) is 6.42 Å². The number of hydrogen-bond acceptors (Lipinski definition) is 5. The van der Waals surface area contributed by atoms with Crippen LogP contribution in [0, 0.1) is 10.1 Å². The maximum Gasteiger partial charge on any atom is 0.273 e. The average molecular weight is 240 g/mol. The van der Waals surface area contributed by atoms with Gasteiger partial charge in [-0.2, -0.15) is 0 Å². The Morgan fingerprint density at radius 2 is 2.18 bits per heavy atom. The third kappa shape index (κ3) is 3.92. The monoisotopic (exact) mass is 240 g/mol. The number of hydrogen-bond donors (Lipinski definition) is 1. The minimum absolute atomic E-state index is 0.00979. The van der Waals surface area contributed by atoms with Crippen LogP contribution in [0.5, 0.6) is 11.5 Å². The van der Waals surface area contributed by atoms with Gasteiger partial charge >= 0.3 is 0 Å². The third-order valence-electron chi connectivity index (χ3n) is 2.19. The Bertz CT molecular complexity index is 382. The fraction of sp³-hybridized carbons (Fsp3) is 0.455. The van der Waals surface area contributed by atoms with Gasteiger partial charge in [-0.05, 0) is 26.1 Å². The van der Waals surface area contributed by atoms with Crippen LogP contribution in [0.1, 0.15) is 6.42 Å². The molecule has 0 radical (unpaired) electrons. The fourth-order valence-electron chi connectivity index (χ4n) is 1.32. The summed E-state index contributed by atoms with van der Waals surface area (Å²) in [5.41, 5.74) is -0.00979. The summed E-state index contributed by atoms with van der Waals surface area (Å²) in [4.78, 5) is 10.1. The van der Waals surface area contributed by atoms with Crippen LogP contribution in [-0.2, 0) is 0 Å². The van der Waals surface area contributed by atoms with Gasteiger partial charge in [0.05, 0.1) is 24.7 Å². The highest BCUT2D eigenvalue weighted by molar-refractivity contribution is 5.48. The van der Waals surface area contributed by atoms with E-state index in [1.165, 1.54) is 19.2 Å². The molecule has 6 heteroatoms. The Morgan fingerprint density at radius 3 is 2.76 bits per heavy atom. The van der Waals surface area contributed by atoms with Crippen molar-refractivity contribution in [2.75, 3.05) is 27.3 Å². The first-order valence-corrected chi connectivity index (χ1v) is 5.29. The fourth-order valence-corrected chi connectivity index (χ4v) is 1.32. The van der Waals surface area contributed by atoms with E-state index in [1.807, 2.05) is 7.05 Å². The maximum atomic E-state index is 10.6. The molecule has 0 saturated heterocycles. The second kappa shape index (κ2) is 6.70. The number of nitro groups is 1. The van der Waals surface area contributed by atoms with Gasteiger partial charge in [-0.25, -0.2) is 0 Å². The number of rotatable bonds is 7. The lowest BCUT2D eigenvalue weighted by atomic mass is 10.3. The summed E-state index contributed by atoms with van der Waals surface area (Å²) in [5, 5.41) is 13.6. The molecule has 0 aliphatic rings. The van der Waals surface area contributed by atoms with Gasteiger partial charge in [0.15, 0.2) is 11.5 Å². The predicted molar refractivity (Wildman–Crippen MR) is 63.7 cm³/mol. The smallest absolute Gasteiger partial charge is 0.273 e. The average Bonchev–Trinajstić information content (AvgIpc) is 2.34. The van der Waals surface area contributed by atoms with Gasteiger partial charge in [0.1, 0.15) is 0 Å². The first-order valence-electron chi connectivity index (χ1n) is 5.29. The van der Waals surface area contributed by atoms with Crippen LogP contribution in [-0.4, -0.2) is 32.2 Å². The maximum absolute atomic E-state index is 10.6. The lowest BCUT2D eigenvalue weighted by Crippen LogP contribution is -2.11. The van der Waals surface area contributed by atoms with Crippen molar-refractivity contribution >= 4 is 5.69 Å². The van der Waals surface area contributed by atoms with Crippen molar-refractivity contribution in [3.63, 3.8) is 0 Å². The number of nitrogens with one attached hydrogen (secondary N) is 1. The molecule has 0 unspecified atom stereocenters. The van der Waals surface area contributed by atoms with Crippen molar-refractivity contribution in [1.29, 1.82) is 0 Å². The van der Waals surface area contributed by atoms with Gasteiger partial charge in [0.2, 0.25) is 0 Å². The molecule has 1 N–H and O–H groups in total. The molecule has 1 aromatic rings. The van der Waals surface area contributed by atoms with E-state index in [0.717, 1.165) is 13.0 Å². The van der Waals surface area contributed by atoms with E-state index in [-0.39, 0.29) is 5.69 Å². The molecule has 0 saturated carbocycles. The molecule has 0 bridgehead atoms. The zero-order chi connectivity index (χ0) is 12.7. The zero-order valence-corrected chi connectivity index (χ0v) is 9.93. The predicted octanol–water partition coefficient (Wildman–Crippen LogP) is 1.59. The third-order valence-corrected chi connectivity index (χ3v) is 2.19. The van der Waals surface area contributed by atoms with Crippen LogP contribution < -0.4 is 14.8 Å². The molecule has 17 heavy (non-hydrogen) atoms. The molecular weight excluding hydrogens is 224 g/mol. The number of ether oxygens (including phenoxy) is 2. The van der Waals surface area contributed by atoms with Crippen LogP contribution in [0.3, 0.4) is 0 Å². The minimum Gasteiger partial charge on any atom is -0.493 e. The van der Waals surface area contributed by atoms with E-state index in [2.05, 4.69) is 5.32 Å². The Labute approximate surface area is 99.7 Å². The molecule has 0 amide bonds. The molecule has 0 aliphatic heterocycles.